The maximum Gasteiger partial charge on any atom is 0.331 e. The van der Waals surface area contributed by atoms with Gasteiger partial charge < -0.3 is 14.4 Å². The predicted octanol–water partition coefficient (Wildman–Crippen LogP) is 3.57. The van der Waals surface area contributed by atoms with E-state index in [0.29, 0.717) is 17.5 Å². The molecule has 2 aromatic heterocycles. The third-order valence-corrected chi connectivity index (χ3v) is 6.55. The molecule has 7 nitrogen and oxygen atoms in total. The number of phenolic OH excluding ortho intramolecular Hbond substituents is 1. The maximum atomic E-state index is 13.6. The van der Waals surface area contributed by atoms with Crippen LogP contribution in [0, 0.1) is 6.92 Å². The Labute approximate surface area is 191 Å². The normalized spacial score (nSPS) is 17.3. The van der Waals surface area contributed by atoms with E-state index in [1.54, 1.807) is 23.7 Å². The summed E-state index contributed by atoms with van der Waals surface area (Å²) in [5, 5.41) is 10.3. The molecule has 0 unspecified atom stereocenters. The smallest absolute Gasteiger partial charge is 0.331 e. The highest BCUT2D eigenvalue weighted by molar-refractivity contribution is 5.97. The lowest BCUT2D eigenvalue weighted by Gasteiger charge is -2.39. The second-order valence-electron chi connectivity index (χ2n) is 9.46. The van der Waals surface area contributed by atoms with Crippen LogP contribution in [-0.2, 0) is 24.4 Å². The molecule has 7 heteroatoms. The molecule has 0 fully saturated rings. The lowest BCUT2D eigenvalue weighted by atomic mass is 9.98. The molecule has 170 valence electrons. The predicted molar refractivity (Wildman–Crippen MR) is 128 cm³/mol. The van der Waals surface area contributed by atoms with Crippen LogP contribution in [0.5, 0.6) is 5.75 Å². The number of hydrogen-bond donors (Lipinski definition) is 1. The van der Waals surface area contributed by atoms with E-state index in [0.717, 1.165) is 32.6 Å². The van der Waals surface area contributed by atoms with Crippen LogP contribution in [0.2, 0.25) is 0 Å². The minimum absolute atomic E-state index is 0.164. The molecule has 5 rings (SSSR count). The van der Waals surface area contributed by atoms with Gasteiger partial charge >= 0.3 is 5.69 Å². The Kier molecular flexibility index (Phi) is 4.65. The van der Waals surface area contributed by atoms with Gasteiger partial charge in [0, 0.05) is 14.1 Å². The van der Waals surface area contributed by atoms with Crippen LogP contribution in [0.1, 0.15) is 36.8 Å². The van der Waals surface area contributed by atoms with Crippen molar-refractivity contribution in [1.82, 2.24) is 13.7 Å². The summed E-state index contributed by atoms with van der Waals surface area (Å²) >= 11 is 0. The van der Waals surface area contributed by atoms with Gasteiger partial charge in [-0.1, -0.05) is 35.9 Å². The zero-order valence-electron chi connectivity index (χ0n) is 19.4. The first-order valence-corrected chi connectivity index (χ1v) is 10.9. The number of benzene rings is 2. The average Bonchev–Trinajstić information content (AvgIpc) is 3.15. The van der Waals surface area contributed by atoms with E-state index in [1.165, 1.54) is 7.05 Å². The van der Waals surface area contributed by atoms with Crippen LogP contribution < -0.4 is 11.2 Å². The van der Waals surface area contributed by atoms with Gasteiger partial charge in [0.2, 0.25) is 0 Å². The van der Waals surface area contributed by atoms with Crippen molar-refractivity contribution in [1.29, 1.82) is 0 Å². The number of nitrogens with zero attached hydrogens (tertiary/aromatic N) is 3. The fourth-order valence-electron chi connectivity index (χ4n) is 4.97. The van der Waals surface area contributed by atoms with Crippen LogP contribution in [0.25, 0.3) is 22.2 Å². The largest absolute Gasteiger partial charge is 0.508 e. The molecule has 1 N–H and O–H groups in total. The van der Waals surface area contributed by atoms with Gasteiger partial charge in [-0.3, -0.25) is 13.9 Å². The molecule has 0 bridgehead atoms. The Morgan fingerprint density at radius 2 is 1.73 bits per heavy atom. The van der Waals surface area contributed by atoms with Crippen LogP contribution in [-0.4, -0.2) is 25.4 Å². The number of aromatic hydroxyl groups is 1. The second kappa shape index (κ2) is 7.22. The topological polar surface area (TPSA) is 78.4 Å². The third kappa shape index (κ3) is 3.07. The molecule has 0 aliphatic carbocycles. The number of phenols is 1. The molecule has 3 heterocycles. The van der Waals surface area contributed by atoms with Crippen molar-refractivity contribution < 1.29 is 9.84 Å². The van der Waals surface area contributed by atoms with Gasteiger partial charge in [-0.05, 0) is 50.1 Å². The number of aromatic nitrogens is 3. The highest BCUT2D eigenvalue weighted by atomic mass is 16.5. The van der Waals surface area contributed by atoms with Crippen molar-refractivity contribution in [2.24, 2.45) is 14.1 Å². The number of aryl methyl sites for hydroxylation is 2. The van der Waals surface area contributed by atoms with Crippen molar-refractivity contribution in [2.45, 2.75) is 32.4 Å². The minimum atomic E-state index is -0.502. The zero-order chi connectivity index (χ0) is 23.7. The van der Waals surface area contributed by atoms with Gasteiger partial charge in [0.05, 0.1) is 34.4 Å². The summed E-state index contributed by atoms with van der Waals surface area (Å²) in [7, 11) is 3.21. The van der Waals surface area contributed by atoms with Gasteiger partial charge in [0.25, 0.3) is 5.56 Å². The summed E-state index contributed by atoms with van der Waals surface area (Å²) in [6.07, 6.45) is -0.502. The first-order valence-electron chi connectivity index (χ1n) is 10.9. The Balaban J connectivity index is 2.01. The standard InChI is InChI=1S/C26H27N3O4/c1-15-7-6-8-17(13-15)20-19-21(27(4)25(32)28(5)24(19)31)22-23(16-9-11-18(30)12-10-16)33-14-26(2,3)29(20)22/h6-13,23,30H,14H2,1-5H3/t23-/m0/s1. The van der Waals surface area contributed by atoms with Crippen molar-refractivity contribution in [3.63, 3.8) is 0 Å². The van der Waals surface area contributed by atoms with Crippen molar-refractivity contribution in [3.05, 3.63) is 86.2 Å². The summed E-state index contributed by atoms with van der Waals surface area (Å²) in [6.45, 7) is 6.58. The quantitative estimate of drug-likeness (QED) is 0.512. The average molecular weight is 446 g/mol. The zero-order valence-corrected chi connectivity index (χ0v) is 19.4. The summed E-state index contributed by atoms with van der Waals surface area (Å²) in [5.74, 6) is 0.164. The Morgan fingerprint density at radius 1 is 1.03 bits per heavy atom. The third-order valence-electron chi connectivity index (χ3n) is 6.55. The molecule has 0 saturated heterocycles. The maximum absolute atomic E-state index is 13.6. The Bertz CT molecular complexity index is 1520. The molecule has 4 aromatic rings. The molecule has 1 aliphatic heterocycles. The van der Waals surface area contributed by atoms with Crippen molar-refractivity contribution >= 4 is 10.9 Å². The van der Waals surface area contributed by atoms with Crippen molar-refractivity contribution in [2.75, 3.05) is 6.61 Å². The van der Waals surface area contributed by atoms with E-state index in [4.69, 9.17) is 4.74 Å². The van der Waals surface area contributed by atoms with Gasteiger partial charge in [-0.2, -0.15) is 0 Å². The summed E-state index contributed by atoms with van der Waals surface area (Å²) < 4.78 is 11.2. The molecule has 0 saturated carbocycles. The number of fused-ring (bicyclic) bond motifs is 3. The molecule has 2 aromatic carbocycles. The molecule has 0 radical (unpaired) electrons. The molecule has 1 atom stereocenters. The molecular weight excluding hydrogens is 418 g/mol. The fraction of sp³-hybridized carbons (Fsp3) is 0.308. The van der Waals surface area contributed by atoms with Gasteiger partial charge in [-0.15, -0.1) is 0 Å². The van der Waals surface area contributed by atoms with Gasteiger partial charge in [0.15, 0.2) is 0 Å². The van der Waals surface area contributed by atoms with E-state index >= 15 is 0 Å². The molecule has 33 heavy (non-hydrogen) atoms. The molecule has 0 spiro atoms. The minimum Gasteiger partial charge on any atom is -0.508 e. The van der Waals surface area contributed by atoms with Crippen LogP contribution in [0.3, 0.4) is 0 Å². The lowest BCUT2D eigenvalue weighted by Crippen LogP contribution is -2.40. The van der Waals surface area contributed by atoms with E-state index < -0.39 is 11.6 Å². The van der Waals surface area contributed by atoms with Crippen LogP contribution in [0.15, 0.2) is 58.1 Å². The SMILES string of the molecule is Cc1cccc(-c2c3c(=O)n(C)c(=O)n(C)c3c3n2C(C)(C)CO[C@H]3c2ccc(O)cc2)c1. The van der Waals surface area contributed by atoms with E-state index in [9.17, 15) is 14.7 Å². The van der Waals surface area contributed by atoms with Gasteiger partial charge in [-0.25, -0.2) is 4.79 Å². The Hall–Kier alpha value is -3.58. The van der Waals surface area contributed by atoms with E-state index in [2.05, 4.69) is 24.5 Å². The summed E-state index contributed by atoms with van der Waals surface area (Å²) in [6, 6.07) is 14.9. The monoisotopic (exact) mass is 445 g/mol. The number of hydrogen-bond acceptors (Lipinski definition) is 4. The second-order valence-corrected chi connectivity index (χ2v) is 9.46. The highest BCUT2D eigenvalue weighted by Crippen LogP contribution is 2.45. The Morgan fingerprint density at radius 3 is 2.39 bits per heavy atom. The van der Waals surface area contributed by atoms with Crippen LogP contribution >= 0.6 is 0 Å². The fourth-order valence-corrected chi connectivity index (χ4v) is 4.97. The summed E-state index contributed by atoms with van der Waals surface area (Å²) in [5.41, 5.74) is 3.79. The lowest BCUT2D eigenvalue weighted by molar-refractivity contribution is -0.00708. The van der Waals surface area contributed by atoms with Crippen LogP contribution in [0.4, 0.5) is 0 Å². The van der Waals surface area contributed by atoms with Gasteiger partial charge in [0.1, 0.15) is 11.9 Å². The highest BCUT2D eigenvalue weighted by Gasteiger charge is 2.40. The van der Waals surface area contributed by atoms with Crippen molar-refractivity contribution in [3.8, 4) is 17.0 Å². The molecule has 1 aliphatic rings. The molecular formula is C26H27N3O4. The number of ether oxygens (including phenoxy) is 1. The first kappa shape index (κ1) is 21.3. The van der Waals surface area contributed by atoms with E-state index in [1.807, 2.05) is 37.3 Å². The first-order chi connectivity index (χ1) is 15.6. The van der Waals surface area contributed by atoms with E-state index in [-0.39, 0.29) is 17.0 Å². The molecule has 0 amide bonds. The summed E-state index contributed by atoms with van der Waals surface area (Å²) in [4.78, 5) is 26.5. The number of rotatable bonds is 2.